The van der Waals surface area contributed by atoms with Crippen LogP contribution in [0.5, 0.6) is 0 Å². The molecule has 3 nitrogen and oxygen atoms in total. The van der Waals surface area contributed by atoms with Crippen molar-refractivity contribution in [2.75, 3.05) is 13.1 Å². The number of halogens is 2. The first kappa shape index (κ1) is 13.4. The van der Waals surface area contributed by atoms with Gasteiger partial charge < -0.3 is 4.90 Å². The molecule has 86 valence electrons. The summed E-state index contributed by atoms with van der Waals surface area (Å²) in [7, 11) is 0. The topological polar surface area (TPSA) is 33.2 Å². The molecule has 0 bridgehead atoms. The summed E-state index contributed by atoms with van der Waals surface area (Å²) in [5.41, 5.74) is 0.306. The van der Waals surface area contributed by atoms with Crippen molar-refractivity contribution in [1.29, 1.82) is 0 Å². The standard InChI is InChI=1S/C12H8Cl2N2O/c1-3-5-16(6-4-2)12(17)9-7-10(13)15-11(14)8-9/h1-2,7-8H,5-6H2. The second-order valence-corrected chi connectivity index (χ2v) is 3.85. The van der Waals surface area contributed by atoms with E-state index in [1.165, 1.54) is 17.0 Å². The second kappa shape index (κ2) is 6.15. The van der Waals surface area contributed by atoms with Crippen molar-refractivity contribution in [1.82, 2.24) is 9.88 Å². The van der Waals surface area contributed by atoms with E-state index in [2.05, 4.69) is 16.8 Å². The Morgan fingerprint density at radius 2 is 1.71 bits per heavy atom. The van der Waals surface area contributed by atoms with E-state index in [4.69, 9.17) is 36.0 Å². The third kappa shape index (κ3) is 3.67. The average molecular weight is 267 g/mol. The van der Waals surface area contributed by atoms with Gasteiger partial charge in [-0.2, -0.15) is 0 Å². The largest absolute Gasteiger partial charge is 0.316 e. The predicted molar refractivity (Wildman–Crippen MR) is 67.8 cm³/mol. The number of aromatic nitrogens is 1. The Bertz CT molecular complexity index is 478. The lowest BCUT2D eigenvalue weighted by Crippen LogP contribution is -2.31. The van der Waals surface area contributed by atoms with Crippen molar-refractivity contribution in [3.8, 4) is 24.7 Å². The molecule has 0 fully saturated rings. The number of carbonyl (C=O) groups excluding carboxylic acids is 1. The van der Waals surface area contributed by atoms with Gasteiger partial charge in [0.2, 0.25) is 0 Å². The minimum Gasteiger partial charge on any atom is -0.316 e. The zero-order chi connectivity index (χ0) is 12.8. The summed E-state index contributed by atoms with van der Waals surface area (Å²) < 4.78 is 0. The fourth-order valence-corrected chi connectivity index (χ4v) is 1.65. The van der Waals surface area contributed by atoms with E-state index in [9.17, 15) is 4.79 Å². The molecule has 1 aromatic heterocycles. The minimum atomic E-state index is -0.327. The highest BCUT2D eigenvalue weighted by Crippen LogP contribution is 2.16. The first-order chi connectivity index (χ1) is 8.08. The molecule has 0 N–H and O–H groups in total. The molecule has 1 aromatic rings. The molecule has 0 saturated heterocycles. The van der Waals surface area contributed by atoms with E-state index in [0.29, 0.717) is 5.56 Å². The van der Waals surface area contributed by atoms with Gasteiger partial charge in [-0.1, -0.05) is 35.0 Å². The molecule has 5 heteroatoms. The number of carbonyl (C=O) groups is 1. The first-order valence-corrected chi connectivity index (χ1v) is 5.33. The predicted octanol–water partition coefficient (Wildman–Crippen LogP) is 2.10. The van der Waals surface area contributed by atoms with Crippen LogP contribution in [-0.2, 0) is 0 Å². The van der Waals surface area contributed by atoms with Crippen molar-refractivity contribution in [2.45, 2.75) is 0 Å². The molecule has 1 amide bonds. The van der Waals surface area contributed by atoms with Crippen LogP contribution in [0.4, 0.5) is 0 Å². The fourth-order valence-electron chi connectivity index (χ4n) is 1.19. The summed E-state index contributed by atoms with van der Waals surface area (Å²) in [5.74, 6) is 4.39. The van der Waals surface area contributed by atoms with Crippen molar-refractivity contribution in [2.24, 2.45) is 0 Å². The number of amides is 1. The van der Waals surface area contributed by atoms with Gasteiger partial charge in [0.1, 0.15) is 10.3 Å². The summed E-state index contributed by atoms with van der Waals surface area (Å²) in [6.45, 7) is 0.251. The van der Waals surface area contributed by atoms with E-state index >= 15 is 0 Å². The maximum atomic E-state index is 12.0. The van der Waals surface area contributed by atoms with Crippen LogP contribution in [0.3, 0.4) is 0 Å². The van der Waals surface area contributed by atoms with E-state index < -0.39 is 0 Å². The molecule has 0 aliphatic rings. The molecule has 0 aliphatic carbocycles. The van der Waals surface area contributed by atoms with Gasteiger partial charge in [-0.05, 0) is 12.1 Å². The summed E-state index contributed by atoms with van der Waals surface area (Å²) in [5, 5.41) is 0.282. The lowest BCUT2D eigenvalue weighted by atomic mass is 10.2. The van der Waals surface area contributed by atoms with Gasteiger partial charge in [-0.25, -0.2) is 4.98 Å². The van der Waals surface area contributed by atoms with Crippen molar-refractivity contribution < 1.29 is 4.79 Å². The van der Waals surface area contributed by atoms with Gasteiger partial charge >= 0.3 is 0 Å². The Balaban J connectivity index is 3.02. The molecule has 0 aromatic carbocycles. The lowest BCUT2D eigenvalue weighted by Gasteiger charge is -2.17. The van der Waals surface area contributed by atoms with Gasteiger partial charge in [-0.15, -0.1) is 12.8 Å². The van der Waals surface area contributed by atoms with E-state index in [1.807, 2.05) is 0 Å². The fraction of sp³-hybridized carbons (Fsp3) is 0.167. The van der Waals surface area contributed by atoms with Crippen LogP contribution in [0.25, 0.3) is 0 Å². The Kier molecular flexibility index (Phi) is 4.84. The molecule has 0 saturated carbocycles. The van der Waals surface area contributed by atoms with Gasteiger partial charge in [0.05, 0.1) is 13.1 Å². The van der Waals surface area contributed by atoms with Crippen molar-refractivity contribution >= 4 is 29.1 Å². The number of pyridine rings is 1. The molecule has 0 aliphatic heterocycles. The molecule has 0 radical (unpaired) electrons. The first-order valence-electron chi connectivity index (χ1n) is 4.57. The van der Waals surface area contributed by atoms with Crippen molar-refractivity contribution in [3.05, 3.63) is 28.0 Å². The lowest BCUT2D eigenvalue weighted by molar-refractivity contribution is 0.0796. The molecular weight excluding hydrogens is 259 g/mol. The number of nitrogens with zero attached hydrogens (tertiary/aromatic N) is 2. The van der Waals surface area contributed by atoms with Gasteiger partial charge in [0.15, 0.2) is 0 Å². The summed E-state index contributed by atoms with van der Waals surface area (Å²) in [4.78, 5) is 17.1. The molecular formula is C12H8Cl2N2O. The van der Waals surface area contributed by atoms with Crippen LogP contribution >= 0.6 is 23.2 Å². The maximum absolute atomic E-state index is 12.0. The highest BCUT2D eigenvalue weighted by atomic mass is 35.5. The number of terminal acetylenes is 2. The van der Waals surface area contributed by atoms with Crippen LogP contribution in [0.1, 0.15) is 10.4 Å². The Hall–Kier alpha value is -1.68. The van der Waals surface area contributed by atoms with Crippen molar-refractivity contribution in [3.63, 3.8) is 0 Å². The van der Waals surface area contributed by atoms with E-state index in [-0.39, 0.29) is 29.3 Å². The zero-order valence-electron chi connectivity index (χ0n) is 8.78. The normalized spacial score (nSPS) is 9.18. The third-order valence-electron chi connectivity index (χ3n) is 1.86. The van der Waals surface area contributed by atoms with E-state index in [0.717, 1.165) is 0 Å². The van der Waals surface area contributed by atoms with Crippen LogP contribution < -0.4 is 0 Å². The third-order valence-corrected chi connectivity index (χ3v) is 2.25. The Labute approximate surface area is 110 Å². The maximum Gasteiger partial charge on any atom is 0.255 e. The highest BCUT2D eigenvalue weighted by molar-refractivity contribution is 6.33. The summed E-state index contributed by atoms with van der Waals surface area (Å²) in [6.07, 6.45) is 10.3. The number of rotatable bonds is 3. The summed E-state index contributed by atoms with van der Waals surface area (Å²) in [6, 6.07) is 2.83. The SMILES string of the molecule is C#CCN(CC#C)C(=O)c1cc(Cl)nc(Cl)c1. The van der Waals surface area contributed by atoms with Crippen LogP contribution in [0, 0.1) is 24.7 Å². The molecule has 1 rings (SSSR count). The molecule has 0 unspecified atom stereocenters. The number of hydrogen-bond acceptors (Lipinski definition) is 2. The van der Waals surface area contributed by atoms with Gasteiger partial charge in [-0.3, -0.25) is 4.79 Å². The number of hydrogen-bond donors (Lipinski definition) is 0. The van der Waals surface area contributed by atoms with Crippen LogP contribution in [-0.4, -0.2) is 28.9 Å². The summed E-state index contributed by atoms with van der Waals surface area (Å²) >= 11 is 11.4. The van der Waals surface area contributed by atoms with Gasteiger partial charge in [0.25, 0.3) is 5.91 Å². The molecule has 0 atom stereocenters. The average Bonchev–Trinajstić information content (AvgIpc) is 2.26. The highest BCUT2D eigenvalue weighted by Gasteiger charge is 2.15. The smallest absolute Gasteiger partial charge is 0.255 e. The van der Waals surface area contributed by atoms with Gasteiger partial charge in [0, 0.05) is 5.56 Å². The monoisotopic (exact) mass is 266 g/mol. The van der Waals surface area contributed by atoms with E-state index in [1.54, 1.807) is 0 Å². The quantitative estimate of drug-likeness (QED) is 0.620. The minimum absolute atomic E-state index is 0.126. The molecule has 0 spiro atoms. The molecule has 1 heterocycles. The van der Waals surface area contributed by atoms with Crippen LogP contribution in [0.2, 0.25) is 10.3 Å². The van der Waals surface area contributed by atoms with Crippen LogP contribution in [0.15, 0.2) is 12.1 Å². The second-order valence-electron chi connectivity index (χ2n) is 3.07. The Morgan fingerprint density at radius 1 is 1.24 bits per heavy atom. The Morgan fingerprint density at radius 3 is 2.12 bits per heavy atom. The molecule has 17 heavy (non-hydrogen) atoms. The zero-order valence-corrected chi connectivity index (χ0v) is 10.3.